The van der Waals surface area contributed by atoms with Crippen molar-refractivity contribution < 1.29 is 5.11 Å². The zero-order valence-corrected chi connectivity index (χ0v) is 16.6. The van der Waals surface area contributed by atoms with E-state index in [1.165, 1.54) is 11.3 Å². The Labute approximate surface area is 170 Å². The molecule has 0 unspecified atom stereocenters. The molecule has 142 valence electrons. The average molecular weight is 411 g/mol. The van der Waals surface area contributed by atoms with E-state index in [1.807, 2.05) is 23.6 Å². The number of nitrogens with one attached hydrogen (secondary N) is 1. The zero-order chi connectivity index (χ0) is 18.9. The summed E-state index contributed by atoms with van der Waals surface area (Å²) in [5, 5.41) is 21.0. The molecule has 0 aromatic carbocycles. The molecule has 2 N–H and O–H groups in total. The second-order valence-corrected chi connectivity index (χ2v) is 8.68. The minimum Gasteiger partial charge on any atom is -0.504 e. The third kappa shape index (κ3) is 3.20. The van der Waals surface area contributed by atoms with Crippen LogP contribution in [0.25, 0.3) is 22.4 Å². The van der Waals surface area contributed by atoms with E-state index in [0.29, 0.717) is 23.5 Å². The molecule has 4 aromatic rings. The molecule has 0 atom stereocenters. The standard InChI is InChI=1S/C19H18N6OS2/c26-17-15-13(6-3-7-20-15)19(25-8-1-2-10-28-25)22-16(17)18-21-14(23-24-18)11-12-5-4-9-27-12/h3-7,9,26H,1-2,8,10-11H2,(H,21,23,24). The predicted molar refractivity (Wildman–Crippen MR) is 113 cm³/mol. The molecule has 0 bridgehead atoms. The first kappa shape index (κ1) is 17.4. The smallest absolute Gasteiger partial charge is 0.203 e. The summed E-state index contributed by atoms with van der Waals surface area (Å²) in [6, 6.07) is 7.90. The quantitative estimate of drug-likeness (QED) is 0.491. The van der Waals surface area contributed by atoms with Crippen LogP contribution in [0, 0.1) is 0 Å². The van der Waals surface area contributed by atoms with Crippen LogP contribution < -0.4 is 4.31 Å². The second-order valence-electron chi connectivity index (χ2n) is 6.54. The molecule has 0 radical (unpaired) electrons. The van der Waals surface area contributed by atoms with Gasteiger partial charge in [0.15, 0.2) is 11.4 Å². The summed E-state index contributed by atoms with van der Waals surface area (Å²) in [6.45, 7) is 0.920. The molecule has 9 heteroatoms. The van der Waals surface area contributed by atoms with E-state index >= 15 is 0 Å². The van der Waals surface area contributed by atoms with Gasteiger partial charge in [0.1, 0.15) is 17.2 Å². The van der Waals surface area contributed by atoms with Crippen LogP contribution in [0.3, 0.4) is 0 Å². The number of fused-ring (bicyclic) bond motifs is 1. The fraction of sp³-hybridized carbons (Fsp3) is 0.263. The van der Waals surface area contributed by atoms with Crippen LogP contribution >= 0.6 is 23.3 Å². The van der Waals surface area contributed by atoms with Gasteiger partial charge in [-0.15, -0.1) is 11.3 Å². The summed E-state index contributed by atoms with van der Waals surface area (Å²) in [5.41, 5.74) is 0.888. The third-order valence-electron chi connectivity index (χ3n) is 4.62. The van der Waals surface area contributed by atoms with Crippen LogP contribution in [0.15, 0.2) is 35.8 Å². The summed E-state index contributed by atoms with van der Waals surface area (Å²) >= 11 is 3.44. The van der Waals surface area contributed by atoms with Crippen LogP contribution in [-0.4, -0.2) is 42.6 Å². The van der Waals surface area contributed by atoms with E-state index < -0.39 is 0 Å². The van der Waals surface area contributed by atoms with E-state index in [1.54, 1.807) is 29.5 Å². The van der Waals surface area contributed by atoms with Gasteiger partial charge in [-0.3, -0.25) is 10.1 Å². The highest BCUT2D eigenvalue weighted by atomic mass is 32.2. The number of aromatic amines is 1. The van der Waals surface area contributed by atoms with Gasteiger partial charge in [0.2, 0.25) is 5.82 Å². The molecule has 1 saturated heterocycles. The van der Waals surface area contributed by atoms with Gasteiger partial charge in [-0.1, -0.05) is 6.07 Å². The van der Waals surface area contributed by atoms with Crippen molar-refractivity contribution in [3.05, 3.63) is 46.5 Å². The van der Waals surface area contributed by atoms with Crippen molar-refractivity contribution in [2.45, 2.75) is 19.3 Å². The number of thiophene rings is 1. The second kappa shape index (κ2) is 7.40. The van der Waals surface area contributed by atoms with Crippen molar-refractivity contribution in [1.82, 2.24) is 25.1 Å². The van der Waals surface area contributed by atoms with Crippen molar-refractivity contribution in [2.75, 3.05) is 16.6 Å². The number of H-pyrrole nitrogens is 1. The van der Waals surface area contributed by atoms with Crippen LogP contribution in [-0.2, 0) is 6.42 Å². The molecule has 7 nitrogen and oxygen atoms in total. The largest absolute Gasteiger partial charge is 0.504 e. The summed E-state index contributed by atoms with van der Waals surface area (Å²) < 4.78 is 2.19. The lowest BCUT2D eigenvalue weighted by atomic mass is 10.2. The zero-order valence-electron chi connectivity index (χ0n) is 15.0. The normalized spacial score (nSPS) is 14.6. The maximum Gasteiger partial charge on any atom is 0.203 e. The van der Waals surface area contributed by atoms with Gasteiger partial charge in [0, 0.05) is 35.2 Å². The van der Waals surface area contributed by atoms with Crippen molar-refractivity contribution in [2.24, 2.45) is 0 Å². The summed E-state index contributed by atoms with van der Waals surface area (Å²) in [5.74, 6) is 3.02. The maximum absolute atomic E-state index is 10.8. The molecule has 0 aliphatic carbocycles. The highest BCUT2D eigenvalue weighted by molar-refractivity contribution is 8.00. The monoisotopic (exact) mass is 410 g/mol. The maximum atomic E-state index is 10.8. The summed E-state index contributed by atoms with van der Waals surface area (Å²) in [6.07, 6.45) is 4.68. The van der Waals surface area contributed by atoms with Crippen LogP contribution in [0.1, 0.15) is 23.5 Å². The summed E-state index contributed by atoms with van der Waals surface area (Å²) in [7, 11) is 0. The number of hydrogen-bond donors (Lipinski definition) is 2. The highest BCUT2D eigenvalue weighted by Gasteiger charge is 2.23. The molecule has 0 amide bonds. The molecule has 1 aliphatic rings. The van der Waals surface area contributed by atoms with Gasteiger partial charge in [0.05, 0.1) is 0 Å². The van der Waals surface area contributed by atoms with E-state index in [4.69, 9.17) is 4.98 Å². The van der Waals surface area contributed by atoms with Gasteiger partial charge in [-0.2, -0.15) is 5.10 Å². The summed E-state index contributed by atoms with van der Waals surface area (Å²) in [4.78, 5) is 15.0. The molecule has 5 heterocycles. The first-order valence-corrected chi connectivity index (χ1v) is 10.9. The van der Waals surface area contributed by atoms with Crippen molar-refractivity contribution in [3.63, 3.8) is 0 Å². The number of aromatic hydroxyl groups is 1. The molecule has 4 aromatic heterocycles. The Morgan fingerprint density at radius 2 is 2.14 bits per heavy atom. The average Bonchev–Trinajstić information content (AvgIpc) is 3.42. The lowest BCUT2D eigenvalue weighted by Crippen LogP contribution is -2.22. The molecule has 1 fully saturated rings. The van der Waals surface area contributed by atoms with Crippen LogP contribution in [0.4, 0.5) is 5.82 Å². The molecule has 1 aliphatic heterocycles. The first-order chi connectivity index (χ1) is 13.8. The number of pyridine rings is 2. The van der Waals surface area contributed by atoms with E-state index in [-0.39, 0.29) is 5.75 Å². The molecule has 0 saturated carbocycles. The third-order valence-corrected chi connectivity index (χ3v) is 6.63. The molecular weight excluding hydrogens is 392 g/mol. The predicted octanol–water partition coefficient (Wildman–Crippen LogP) is 4.02. The van der Waals surface area contributed by atoms with Crippen molar-refractivity contribution in [1.29, 1.82) is 0 Å². The SMILES string of the molecule is Oc1c(-c2n[nH]c(Cc3cccs3)n2)nc(N2CCCCS2)c2cccnc12. The number of anilines is 1. The Morgan fingerprint density at radius 1 is 1.18 bits per heavy atom. The Hall–Kier alpha value is -2.65. The van der Waals surface area contributed by atoms with Gasteiger partial charge < -0.3 is 9.41 Å². The van der Waals surface area contributed by atoms with Gasteiger partial charge in [-0.25, -0.2) is 9.97 Å². The highest BCUT2D eigenvalue weighted by Crippen LogP contribution is 2.39. The van der Waals surface area contributed by atoms with Crippen molar-refractivity contribution in [3.8, 4) is 17.3 Å². The fourth-order valence-corrected chi connectivity index (χ4v) is 5.06. The van der Waals surface area contributed by atoms with Gasteiger partial charge in [-0.05, 0) is 48.4 Å². The lowest BCUT2D eigenvalue weighted by Gasteiger charge is -2.27. The first-order valence-electron chi connectivity index (χ1n) is 9.12. The lowest BCUT2D eigenvalue weighted by molar-refractivity contribution is 0.479. The molecule has 5 rings (SSSR count). The Kier molecular flexibility index (Phi) is 4.61. The molecular formula is C19H18N6OS2. The topological polar surface area (TPSA) is 90.8 Å². The minimum atomic E-state index is 0.0167. The Morgan fingerprint density at radius 3 is 2.96 bits per heavy atom. The van der Waals surface area contributed by atoms with E-state index in [2.05, 4.69) is 30.5 Å². The number of aromatic nitrogens is 5. The number of rotatable bonds is 4. The van der Waals surface area contributed by atoms with Gasteiger partial charge in [0.25, 0.3) is 0 Å². The van der Waals surface area contributed by atoms with E-state index in [0.717, 1.165) is 35.7 Å². The molecule has 28 heavy (non-hydrogen) atoms. The van der Waals surface area contributed by atoms with Crippen molar-refractivity contribution >= 4 is 40.0 Å². The number of hydrogen-bond acceptors (Lipinski definition) is 8. The van der Waals surface area contributed by atoms with Crippen LogP contribution in [0.2, 0.25) is 0 Å². The molecule has 0 spiro atoms. The Balaban J connectivity index is 1.59. The Bertz CT molecular complexity index is 1110. The van der Waals surface area contributed by atoms with Crippen LogP contribution in [0.5, 0.6) is 5.75 Å². The minimum absolute atomic E-state index is 0.0167. The van der Waals surface area contributed by atoms with E-state index in [9.17, 15) is 5.11 Å². The fourth-order valence-electron chi connectivity index (χ4n) is 3.27. The van der Waals surface area contributed by atoms with Gasteiger partial charge >= 0.3 is 0 Å². The number of nitrogens with zero attached hydrogens (tertiary/aromatic N) is 5.